The molecule has 0 rings (SSSR count). The zero-order valence-corrected chi connectivity index (χ0v) is 6.14. The van der Waals surface area contributed by atoms with E-state index in [1.807, 2.05) is 0 Å². The zero-order chi connectivity index (χ0) is 5.86. The van der Waals surface area contributed by atoms with Gasteiger partial charge in [0.05, 0.1) is 6.10 Å². The Morgan fingerprint density at radius 2 is 1.75 bits per heavy atom. The van der Waals surface area contributed by atoms with Crippen LogP contribution < -0.4 is 15.9 Å². The van der Waals surface area contributed by atoms with Gasteiger partial charge in [-0.1, -0.05) is 0 Å². The molecule has 0 saturated carbocycles. The SMILES string of the molecule is CC(C)OP([O-])[O-].[NH4+]. The van der Waals surface area contributed by atoms with Crippen LogP contribution in [0.2, 0.25) is 0 Å². The fraction of sp³-hybridized carbons (Fsp3) is 1.00. The van der Waals surface area contributed by atoms with Gasteiger partial charge in [-0.15, -0.1) is 0 Å². The standard InChI is InChI=1S/C3H7O3P.H3N/c1-3(2)6-7(4)5;/h3H,1-2H3;1H3/q-2;/p+1. The Bertz CT molecular complexity index is 43.8. The molecule has 8 heavy (non-hydrogen) atoms. The zero-order valence-electron chi connectivity index (χ0n) is 5.25. The summed E-state index contributed by atoms with van der Waals surface area (Å²) in [7, 11) is -2.64. The van der Waals surface area contributed by atoms with Crippen molar-refractivity contribution in [2.75, 3.05) is 0 Å². The summed E-state index contributed by atoms with van der Waals surface area (Å²) in [4.78, 5) is 19.2. The molecule has 0 amide bonds. The Balaban J connectivity index is 0. The van der Waals surface area contributed by atoms with Crippen molar-refractivity contribution in [2.45, 2.75) is 20.0 Å². The lowest BCUT2D eigenvalue weighted by atomic mass is 10.5. The van der Waals surface area contributed by atoms with Crippen molar-refractivity contribution in [1.82, 2.24) is 6.15 Å². The van der Waals surface area contributed by atoms with Crippen LogP contribution in [0.1, 0.15) is 13.8 Å². The van der Waals surface area contributed by atoms with Crippen molar-refractivity contribution in [3.63, 3.8) is 0 Å². The van der Waals surface area contributed by atoms with Crippen molar-refractivity contribution >= 4 is 8.60 Å². The van der Waals surface area contributed by atoms with E-state index in [2.05, 4.69) is 4.52 Å². The normalized spacial score (nSPS) is 9.75. The molecule has 0 saturated heterocycles. The molecule has 0 heterocycles. The van der Waals surface area contributed by atoms with Crippen LogP contribution in [0.4, 0.5) is 0 Å². The maximum Gasteiger partial charge on any atom is 0.0528 e. The van der Waals surface area contributed by atoms with Gasteiger partial charge in [-0.3, -0.25) is 0 Å². The second kappa shape index (κ2) is 5.41. The lowest BCUT2D eigenvalue weighted by molar-refractivity contribution is -0.320. The first-order valence-electron chi connectivity index (χ1n) is 1.94. The van der Waals surface area contributed by atoms with Crippen LogP contribution in [0.15, 0.2) is 0 Å². The molecule has 0 spiro atoms. The molecule has 0 aliphatic rings. The van der Waals surface area contributed by atoms with Crippen molar-refractivity contribution in [3.8, 4) is 0 Å². The molecule has 0 aliphatic carbocycles. The first-order valence-corrected chi connectivity index (χ1v) is 3.03. The highest BCUT2D eigenvalue weighted by Crippen LogP contribution is 2.15. The van der Waals surface area contributed by atoms with Crippen LogP contribution >= 0.6 is 8.60 Å². The van der Waals surface area contributed by atoms with E-state index in [-0.39, 0.29) is 12.3 Å². The van der Waals surface area contributed by atoms with Crippen molar-refractivity contribution in [1.29, 1.82) is 0 Å². The largest absolute Gasteiger partial charge is 0.820 e. The van der Waals surface area contributed by atoms with Crippen molar-refractivity contribution < 1.29 is 14.3 Å². The maximum atomic E-state index is 9.62. The highest BCUT2D eigenvalue weighted by atomic mass is 31.2. The quantitative estimate of drug-likeness (QED) is 0.535. The summed E-state index contributed by atoms with van der Waals surface area (Å²) in [5, 5.41) is 0. The molecule has 0 aromatic rings. The summed E-state index contributed by atoms with van der Waals surface area (Å²) in [6.45, 7) is 3.32. The molecule has 0 fully saturated rings. The van der Waals surface area contributed by atoms with Crippen LogP contribution in [0.3, 0.4) is 0 Å². The fourth-order valence-corrected chi connectivity index (χ4v) is 0.516. The van der Waals surface area contributed by atoms with Gasteiger partial charge in [0.25, 0.3) is 0 Å². The molecule has 0 aliphatic heterocycles. The van der Waals surface area contributed by atoms with E-state index < -0.39 is 8.60 Å². The first kappa shape index (κ1) is 11.1. The third-order valence-corrected chi connectivity index (χ3v) is 0.891. The predicted octanol–water partition coefficient (Wildman–Crippen LogP) is -0.265. The average molecular weight is 140 g/mol. The number of hydrogen-bond acceptors (Lipinski definition) is 3. The van der Waals surface area contributed by atoms with Gasteiger partial charge >= 0.3 is 0 Å². The molecule has 0 aromatic carbocycles. The third kappa shape index (κ3) is 9.55. The number of rotatable bonds is 2. The molecular formula is C3H11NO3P-. The number of hydrogen-bond donors (Lipinski definition) is 1. The molecular weight excluding hydrogens is 129 g/mol. The van der Waals surface area contributed by atoms with E-state index in [0.717, 1.165) is 0 Å². The molecule has 0 atom stereocenters. The van der Waals surface area contributed by atoms with Gasteiger partial charge in [-0.05, 0) is 13.8 Å². The van der Waals surface area contributed by atoms with Crippen LogP contribution in [0, 0.1) is 0 Å². The Morgan fingerprint density at radius 1 is 1.38 bits per heavy atom. The summed E-state index contributed by atoms with van der Waals surface area (Å²) in [6, 6.07) is 0. The van der Waals surface area contributed by atoms with E-state index in [9.17, 15) is 9.79 Å². The summed E-state index contributed by atoms with van der Waals surface area (Å²) < 4.78 is 4.20. The van der Waals surface area contributed by atoms with Crippen molar-refractivity contribution in [3.05, 3.63) is 0 Å². The fourth-order valence-electron chi connectivity index (χ4n) is 0.172. The van der Waals surface area contributed by atoms with Crippen LogP contribution in [0.5, 0.6) is 0 Å². The molecule has 52 valence electrons. The molecule has 4 nitrogen and oxygen atoms in total. The van der Waals surface area contributed by atoms with Crippen LogP contribution in [-0.2, 0) is 4.52 Å². The van der Waals surface area contributed by atoms with E-state index in [0.29, 0.717) is 0 Å². The van der Waals surface area contributed by atoms with Crippen molar-refractivity contribution in [2.24, 2.45) is 0 Å². The Labute approximate surface area is 50.1 Å². The molecule has 0 aromatic heterocycles. The number of quaternary nitrogens is 1. The second-order valence-corrected chi connectivity index (χ2v) is 2.04. The van der Waals surface area contributed by atoms with Crippen LogP contribution in [0.25, 0.3) is 0 Å². The highest BCUT2D eigenvalue weighted by Gasteiger charge is 1.83. The van der Waals surface area contributed by atoms with Crippen LogP contribution in [-0.4, -0.2) is 6.10 Å². The summed E-state index contributed by atoms with van der Waals surface area (Å²) in [6.07, 6.45) is -0.221. The Kier molecular flexibility index (Phi) is 7.52. The first-order chi connectivity index (χ1) is 3.13. The second-order valence-electron chi connectivity index (χ2n) is 1.38. The van der Waals surface area contributed by atoms with Gasteiger partial charge in [0, 0.05) is 0 Å². The smallest absolute Gasteiger partial charge is 0.0528 e. The van der Waals surface area contributed by atoms with Gasteiger partial charge in [-0.2, -0.15) is 8.60 Å². The lowest BCUT2D eigenvalue weighted by Gasteiger charge is -2.31. The minimum absolute atomic E-state index is 0. The van der Waals surface area contributed by atoms with E-state index in [1.165, 1.54) is 0 Å². The minimum Gasteiger partial charge on any atom is -0.820 e. The predicted molar refractivity (Wildman–Crippen MR) is 29.1 cm³/mol. The van der Waals surface area contributed by atoms with Gasteiger partial charge in [-0.25, -0.2) is 0 Å². The maximum absolute atomic E-state index is 9.62. The molecule has 0 unspecified atom stereocenters. The average Bonchev–Trinajstić information content (AvgIpc) is 1.27. The highest BCUT2D eigenvalue weighted by molar-refractivity contribution is 7.36. The van der Waals surface area contributed by atoms with Gasteiger partial charge in [0.2, 0.25) is 0 Å². The molecule has 0 radical (unpaired) electrons. The summed E-state index contributed by atoms with van der Waals surface area (Å²) in [5.41, 5.74) is 0. The monoisotopic (exact) mass is 140 g/mol. The van der Waals surface area contributed by atoms with E-state index in [1.54, 1.807) is 13.8 Å². The summed E-state index contributed by atoms with van der Waals surface area (Å²) >= 11 is 0. The molecule has 4 N–H and O–H groups in total. The lowest BCUT2D eigenvalue weighted by Crippen LogP contribution is -2.14. The Morgan fingerprint density at radius 3 is 1.75 bits per heavy atom. The summed E-state index contributed by atoms with van der Waals surface area (Å²) in [5.74, 6) is 0. The molecule has 5 heteroatoms. The van der Waals surface area contributed by atoms with Gasteiger partial charge in [0.15, 0.2) is 0 Å². The topological polar surface area (TPSA) is 91.8 Å². The van der Waals surface area contributed by atoms with Gasteiger partial charge < -0.3 is 20.5 Å². The Hall–Kier alpha value is 0.270. The van der Waals surface area contributed by atoms with Gasteiger partial charge in [0.1, 0.15) is 0 Å². The minimum atomic E-state index is -2.64. The van der Waals surface area contributed by atoms with E-state index >= 15 is 0 Å². The van der Waals surface area contributed by atoms with E-state index in [4.69, 9.17) is 0 Å². The third-order valence-electron chi connectivity index (χ3n) is 0.297. The molecule has 0 bridgehead atoms.